The summed E-state index contributed by atoms with van der Waals surface area (Å²) in [7, 11) is 1.96. The zero-order chi connectivity index (χ0) is 9.80. The van der Waals surface area contributed by atoms with E-state index in [1.807, 2.05) is 11.7 Å². The SMILES string of the molecule is Cn1nc(Br)cc1C1C(N)C1(C)C. The van der Waals surface area contributed by atoms with Crippen molar-refractivity contribution in [1.29, 1.82) is 0 Å². The van der Waals surface area contributed by atoms with Gasteiger partial charge in [0.15, 0.2) is 0 Å². The van der Waals surface area contributed by atoms with Crippen LogP contribution in [0.15, 0.2) is 10.7 Å². The van der Waals surface area contributed by atoms with Crippen molar-refractivity contribution in [2.45, 2.75) is 25.8 Å². The van der Waals surface area contributed by atoms with Crippen molar-refractivity contribution in [2.24, 2.45) is 18.2 Å². The van der Waals surface area contributed by atoms with E-state index in [4.69, 9.17) is 5.73 Å². The third kappa shape index (κ3) is 1.23. The van der Waals surface area contributed by atoms with Crippen molar-refractivity contribution < 1.29 is 0 Å². The lowest BCUT2D eigenvalue weighted by Crippen LogP contribution is -2.07. The lowest BCUT2D eigenvalue weighted by molar-refractivity contribution is 0.581. The molecule has 72 valence electrons. The molecule has 1 aliphatic carbocycles. The zero-order valence-electron chi connectivity index (χ0n) is 8.08. The average Bonchev–Trinajstić information content (AvgIpc) is 2.36. The Hall–Kier alpha value is -0.350. The van der Waals surface area contributed by atoms with Crippen LogP contribution in [0.2, 0.25) is 0 Å². The van der Waals surface area contributed by atoms with E-state index < -0.39 is 0 Å². The Morgan fingerprint density at radius 3 is 2.46 bits per heavy atom. The van der Waals surface area contributed by atoms with Gasteiger partial charge >= 0.3 is 0 Å². The van der Waals surface area contributed by atoms with Crippen LogP contribution in [0.5, 0.6) is 0 Å². The predicted molar refractivity (Wildman–Crippen MR) is 55.4 cm³/mol. The van der Waals surface area contributed by atoms with E-state index in [1.54, 1.807) is 0 Å². The Balaban J connectivity index is 2.34. The van der Waals surface area contributed by atoms with Gasteiger partial charge in [-0.25, -0.2) is 0 Å². The Bertz CT molecular complexity index is 343. The molecule has 1 heterocycles. The van der Waals surface area contributed by atoms with E-state index in [9.17, 15) is 0 Å². The first-order valence-electron chi connectivity index (χ1n) is 4.39. The maximum absolute atomic E-state index is 6.00. The molecule has 13 heavy (non-hydrogen) atoms. The monoisotopic (exact) mass is 243 g/mol. The minimum absolute atomic E-state index is 0.229. The summed E-state index contributed by atoms with van der Waals surface area (Å²) in [6, 6.07) is 2.33. The summed E-state index contributed by atoms with van der Waals surface area (Å²) in [5, 5.41) is 4.25. The number of rotatable bonds is 1. The second-order valence-electron chi connectivity index (χ2n) is 4.34. The summed E-state index contributed by atoms with van der Waals surface area (Å²) in [6.45, 7) is 4.40. The van der Waals surface area contributed by atoms with Gasteiger partial charge in [-0.1, -0.05) is 13.8 Å². The van der Waals surface area contributed by atoms with Crippen LogP contribution in [0.1, 0.15) is 25.5 Å². The number of hydrogen-bond donors (Lipinski definition) is 1. The molecule has 2 atom stereocenters. The van der Waals surface area contributed by atoms with Crippen LogP contribution in [-0.4, -0.2) is 15.8 Å². The first kappa shape index (κ1) is 9.21. The smallest absolute Gasteiger partial charge is 0.128 e. The van der Waals surface area contributed by atoms with Gasteiger partial charge in [0.2, 0.25) is 0 Å². The van der Waals surface area contributed by atoms with Crippen LogP contribution in [0.3, 0.4) is 0 Å². The minimum atomic E-state index is 0.229. The fourth-order valence-corrected chi connectivity index (χ4v) is 2.45. The lowest BCUT2D eigenvalue weighted by Gasteiger charge is -2.01. The van der Waals surface area contributed by atoms with Crippen LogP contribution in [0.4, 0.5) is 0 Å². The van der Waals surface area contributed by atoms with Gasteiger partial charge in [0, 0.05) is 24.7 Å². The van der Waals surface area contributed by atoms with Crippen LogP contribution in [-0.2, 0) is 7.05 Å². The Morgan fingerprint density at radius 1 is 1.62 bits per heavy atom. The van der Waals surface area contributed by atoms with Crippen LogP contribution < -0.4 is 5.73 Å². The highest BCUT2D eigenvalue weighted by atomic mass is 79.9. The van der Waals surface area contributed by atoms with Gasteiger partial charge in [0.25, 0.3) is 0 Å². The topological polar surface area (TPSA) is 43.8 Å². The first-order chi connectivity index (χ1) is 5.94. The highest BCUT2D eigenvalue weighted by molar-refractivity contribution is 9.10. The van der Waals surface area contributed by atoms with Gasteiger partial charge in [-0.3, -0.25) is 4.68 Å². The summed E-state index contributed by atoms with van der Waals surface area (Å²) in [5.74, 6) is 0.455. The van der Waals surface area contributed by atoms with E-state index >= 15 is 0 Å². The molecule has 1 saturated carbocycles. The zero-order valence-corrected chi connectivity index (χ0v) is 9.67. The third-order valence-electron chi connectivity index (χ3n) is 3.12. The molecule has 0 amide bonds. The van der Waals surface area contributed by atoms with Gasteiger partial charge in [0.05, 0.1) is 0 Å². The second kappa shape index (κ2) is 2.58. The summed E-state index contributed by atoms with van der Waals surface area (Å²) < 4.78 is 2.79. The molecule has 2 unspecified atom stereocenters. The minimum Gasteiger partial charge on any atom is -0.327 e. The highest BCUT2D eigenvalue weighted by Crippen LogP contribution is 2.57. The molecule has 1 fully saturated rings. The molecule has 0 aromatic carbocycles. The molecular formula is C9H14BrN3. The van der Waals surface area contributed by atoms with Gasteiger partial charge in [-0.15, -0.1) is 0 Å². The Labute approximate surface area is 86.4 Å². The molecule has 3 nitrogen and oxygen atoms in total. The molecule has 4 heteroatoms. The van der Waals surface area contributed by atoms with E-state index in [0.717, 1.165) is 4.60 Å². The van der Waals surface area contributed by atoms with E-state index in [2.05, 4.69) is 40.9 Å². The fraction of sp³-hybridized carbons (Fsp3) is 0.667. The highest BCUT2D eigenvalue weighted by Gasteiger charge is 2.57. The number of aromatic nitrogens is 2. The molecular weight excluding hydrogens is 230 g/mol. The normalized spacial score (nSPS) is 30.5. The Morgan fingerprint density at radius 2 is 2.15 bits per heavy atom. The van der Waals surface area contributed by atoms with E-state index in [-0.39, 0.29) is 11.5 Å². The molecule has 1 aliphatic rings. The van der Waals surface area contributed by atoms with Gasteiger partial charge in [-0.05, 0) is 27.4 Å². The predicted octanol–water partition coefficient (Wildman–Crippen LogP) is 1.63. The summed E-state index contributed by atoms with van der Waals surface area (Å²) in [4.78, 5) is 0. The molecule has 2 N–H and O–H groups in total. The maximum Gasteiger partial charge on any atom is 0.128 e. The van der Waals surface area contributed by atoms with Gasteiger partial charge in [0.1, 0.15) is 4.60 Å². The summed E-state index contributed by atoms with van der Waals surface area (Å²) in [5.41, 5.74) is 7.45. The van der Waals surface area contributed by atoms with Crippen molar-refractivity contribution in [3.05, 3.63) is 16.4 Å². The molecule has 0 bridgehead atoms. The van der Waals surface area contributed by atoms with Crippen molar-refractivity contribution in [1.82, 2.24) is 9.78 Å². The average molecular weight is 244 g/mol. The van der Waals surface area contributed by atoms with E-state index in [0.29, 0.717) is 5.92 Å². The van der Waals surface area contributed by atoms with Crippen LogP contribution in [0, 0.1) is 5.41 Å². The number of hydrogen-bond acceptors (Lipinski definition) is 2. The summed E-state index contributed by atoms with van der Waals surface area (Å²) in [6.07, 6.45) is 0. The fourth-order valence-electron chi connectivity index (χ4n) is 1.98. The number of halogens is 1. The second-order valence-corrected chi connectivity index (χ2v) is 5.15. The number of nitrogens with two attached hydrogens (primary N) is 1. The molecule has 1 aromatic heterocycles. The van der Waals surface area contributed by atoms with Crippen molar-refractivity contribution in [3.63, 3.8) is 0 Å². The molecule has 1 aromatic rings. The standard InChI is InChI=1S/C9H14BrN3/c1-9(2)7(8(9)11)5-4-6(10)12-13(5)3/h4,7-8H,11H2,1-3H3. The van der Waals surface area contributed by atoms with Gasteiger partial charge in [-0.2, -0.15) is 5.10 Å². The maximum atomic E-state index is 6.00. The van der Waals surface area contributed by atoms with Gasteiger partial charge < -0.3 is 5.73 Å². The Kier molecular flexibility index (Phi) is 1.83. The molecule has 2 rings (SSSR count). The molecule has 0 radical (unpaired) electrons. The molecule has 0 saturated heterocycles. The summed E-state index contributed by atoms with van der Waals surface area (Å²) >= 11 is 3.36. The van der Waals surface area contributed by atoms with Crippen molar-refractivity contribution in [2.75, 3.05) is 0 Å². The van der Waals surface area contributed by atoms with Crippen molar-refractivity contribution in [3.8, 4) is 0 Å². The van der Waals surface area contributed by atoms with E-state index in [1.165, 1.54) is 5.69 Å². The third-order valence-corrected chi connectivity index (χ3v) is 3.50. The number of nitrogens with zero attached hydrogens (tertiary/aromatic N) is 2. The molecule has 0 aliphatic heterocycles. The van der Waals surface area contributed by atoms with Crippen molar-refractivity contribution >= 4 is 15.9 Å². The first-order valence-corrected chi connectivity index (χ1v) is 5.19. The largest absolute Gasteiger partial charge is 0.327 e. The molecule has 0 spiro atoms. The lowest BCUT2D eigenvalue weighted by atomic mass is 10.1. The van der Waals surface area contributed by atoms with Crippen LogP contribution >= 0.6 is 15.9 Å². The number of aryl methyl sites for hydroxylation is 1. The quantitative estimate of drug-likeness (QED) is 0.816. The van der Waals surface area contributed by atoms with Crippen LogP contribution in [0.25, 0.3) is 0 Å².